The normalized spacial score (nSPS) is 13.7. The van der Waals surface area contributed by atoms with Crippen LogP contribution >= 0.6 is 0 Å². The lowest BCUT2D eigenvalue weighted by atomic mass is 10.1. The van der Waals surface area contributed by atoms with Gasteiger partial charge in [-0.25, -0.2) is 4.79 Å². The summed E-state index contributed by atoms with van der Waals surface area (Å²) in [6.45, 7) is 9.15. The number of nitrogens with one attached hydrogen (secondary N) is 2. The van der Waals surface area contributed by atoms with Gasteiger partial charge in [0.2, 0.25) is 5.91 Å². The van der Waals surface area contributed by atoms with Crippen LogP contribution in [-0.4, -0.2) is 29.7 Å². The van der Waals surface area contributed by atoms with Gasteiger partial charge in [0.25, 0.3) is 0 Å². The third-order valence-electron chi connectivity index (χ3n) is 2.79. The number of rotatable bonds is 7. The zero-order valence-electron chi connectivity index (χ0n) is 13.7. The van der Waals surface area contributed by atoms with E-state index in [1.807, 2.05) is 19.9 Å². The van der Waals surface area contributed by atoms with E-state index in [0.717, 1.165) is 6.42 Å². The summed E-state index contributed by atoms with van der Waals surface area (Å²) in [5, 5.41) is 14.0. The van der Waals surface area contributed by atoms with Crippen molar-refractivity contribution in [3.8, 4) is 6.07 Å². The molecule has 0 saturated carbocycles. The second-order valence-electron chi connectivity index (χ2n) is 6.07. The molecule has 2 amide bonds. The van der Waals surface area contributed by atoms with Crippen molar-refractivity contribution in [2.75, 3.05) is 0 Å². The van der Waals surface area contributed by atoms with Gasteiger partial charge < -0.3 is 15.4 Å². The van der Waals surface area contributed by atoms with Crippen molar-refractivity contribution < 1.29 is 14.3 Å². The Kier molecular flexibility index (Phi) is 8.44. The maximum Gasteiger partial charge on any atom is 0.408 e. The Morgan fingerprint density at radius 3 is 2.38 bits per heavy atom. The Hall–Kier alpha value is -1.77. The fourth-order valence-corrected chi connectivity index (χ4v) is 1.55. The summed E-state index contributed by atoms with van der Waals surface area (Å²) in [7, 11) is 0. The minimum Gasteiger partial charge on any atom is -0.444 e. The average Bonchev–Trinajstić information content (AvgIpc) is 2.35. The van der Waals surface area contributed by atoms with Crippen molar-refractivity contribution in [3.63, 3.8) is 0 Å². The van der Waals surface area contributed by atoms with E-state index in [1.54, 1.807) is 20.8 Å². The van der Waals surface area contributed by atoms with Crippen LogP contribution in [-0.2, 0) is 9.53 Å². The summed E-state index contributed by atoms with van der Waals surface area (Å²) >= 11 is 0. The van der Waals surface area contributed by atoms with Crippen molar-refractivity contribution in [2.45, 2.75) is 78.0 Å². The third-order valence-corrected chi connectivity index (χ3v) is 2.79. The molecule has 0 fully saturated rings. The number of nitrogens with zero attached hydrogens (tertiary/aromatic N) is 1. The summed E-state index contributed by atoms with van der Waals surface area (Å²) < 4.78 is 5.16. The second-order valence-corrected chi connectivity index (χ2v) is 6.07. The molecule has 2 N–H and O–H groups in total. The number of carbonyl (C=O) groups excluding carboxylic acids is 2. The molecule has 0 rings (SSSR count). The van der Waals surface area contributed by atoms with Crippen LogP contribution in [0.2, 0.25) is 0 Å². The number of amides is 2. The maximum atomic E-state index is 12.1. The highest BCUT2D eigenvalue weighted by Crippen LogP contribution is 2.08. The van der Waals surface area contributed by atoms with Gasteiger partial charge in [-0.3, -0.25) is 4.79 Å². The van der Waals surface area contributed by atoms with E-state index in [9.17, 15) is 9.59 Å². The van der Waals surface area contributed by atoms with Crippen LogP contribution in [0, 0.1) is 11.3 Å². The van der Waals surface area contributed by atoms with Crippen LogP contribution in [0.5, 0.6) is 0 Å². The molecule has 2 atom stereocenters. The smallest absolute Gasteiger partial charge is 0.408 e. The fourth-order valence-electron chi connectivity index (χ4n) is 1.55. The van der Waals surface area contributed by atoms with Gasteiger partial charge in [-0.05, 0) is 47.0 Å². The molecule has 120 valence electrons. The van der Waals surface area contributed by atoms with Gasteiger partial charge in [-0.2, -0.15) is 5.26 Å². The highest BCUT2D eigenvalue weighted by atomic mass is 16.6. The van der Waals surface area contributed by atoms with Gasteiger partial charge in [0, 0.05) is 12.5 Å². The minimum atomic E-state index is -0.679. The van der Waals surface area contributed by atoms with E-state index in [1.165, 1.54) is 0 Å². The van der Waals surface area contributed by atoms with Crippen LogP contribution in [0.4, 0.5) is 4.79 Å². The predicted octanol–water partition coefficient (Wildman–Crippen LogP) is 2.49. The van der Waals surface area contributed by atoms with Crippen molar-refractivity contribution in [3.05, 3.63) is 0 Å². The lowest BCUT2D eigenvalue weighted by molar-refractivity contribution is -0.124. The summed E-state index contributed by atoms with van der Waals surface area (Å²) in [5.41, 5.74) is -0.617. The molecule has 6 heteroatoms. The van der Waals surface area contributed by atoms with Crippen LogP contribution in [0.25, 0.3) is 0 Å². The number of hydrogen-bond donors (Lipinski definition) is 2. The van der Waals surface area contributed by atoms with Gasteiger partial charge in [-0.1, -0.05) is 6.92 Å². The standard InChI is InChI=1S/C15H27N3O3/c1-6-11(2)17-13(19)12(9-7-8-10-16)18-14(20)21-15(3,4)5/h11-12H,6-9H2,1-5H3,(H,17,19)(H,18,20)/t11-,12-/m0/s1. The number of carbonyl (C=O) groups is 2. The minimum absolute atomic E-state index is 0.0383. The van der Waals surface area contributed by atoms with Gasteiger partial charge >= 0.3 is 6.09 Å². The van der Waals surface area contributed by atoms with Crippen LogP contribution in [0.3, 0.4) is 0 Å². The van der Waals surface area contributed by atoms with Gasteiger partial charge in [-0.15, -0.1) is 0 Å². The zero-order valence-corrected chi connectivity index (χ0v) is 13.7. The van der Waals surface area contributed by atoms with E-state index in [0.29, 0.717) is 19.3 Å². The van der Waals surface area contributed by atoms with Crippen molar-refractivity contribution in [1.29, 1.82) is 5.26 Å². The van der Waals surface area contributed by atoms with E-state index >= 15 is 0 Å². The Labute approximate surface area is 127 Å². The molecule has 0 aromatic carbocycles. The molecule has 0 radical (unpaired) electrons. The topological polar surface area (TPSA) is 91.2 Å². The van der Waals surface area contributed by atoms with Gasteiger partial charge in [0.15, 0.2) is 0 Å². The first kappa shape index (κ1) is 19.2. The van der Waals surface area contributed by atoms with Crippen LogP contribution < -0.4 is 10.6 Å². The van der Waals surface area contributed by atoms with E-state index in [-0.39, 0.29) is 11.9 Å². The maximum absolute atomic E-state index is 12.1. The molecule has 0 heterocycles. The SMILES string of the molecule is CC[C@H](C)NC(=O)[C@H](CCCC#N)NC(=O)OC(C)(C)C. The Morgan fingerprint density at radius 2 is 1.90 bits per heavy atom. The molecule has 6 nitrogen and oxygen atoms in total. The van der Waals surface area contributed by atoms with E-state index in [4.69, 9.17) is 10.00 Å². The highest BCUT2D eigenvalue weighted by molar-refractivity contribution is 5.85. The Bertz CT molecular complexity index is 383. The number of unbranched alkanes of at least 4 members (excludes halogenated alkanes) is 1. The first-order valence-corrected chi connectivity index (χ1v) is 7.36. The Balaban J connectivity index is 4.61. The number of alkyl carbamates (subject to hydrolysis) is 1. The lowest BCUT2D eigenvalue weighted by Crippen LogP contribution is -2.50. The highest BCUT2D eigenvalue weighted by Gasteiger charge is 2.24. The molecule has 0 saturated heterocycles. The fraction of sp³-hybridized carbons (Fsp3) is 0.800. The molecule has 0 aliphatic heterocycles. The van der Waals surface area contributed by atoms with Crippen molar-refractivity contribution in [1.82, 2.24) is 10.6 Å². The molecule has 0 unspecified atom stereocenters. The van der Waals surface area contributed by atoms with E-state index < -0.39 is 17.7 Å². The molecule has 0 aliphatic carbocycles. The van der Waals surface area contributed by atoms with Crippen molar-refractivity contribution in [2.24, 2.45) is 0 Å². The summed E-state index contributed by atoms with van der Waals surface area (Å²) in [6, 6.07) is 1.39. The van der Waals surface area contributed by atoms with E-state index in [2.05, 4.69) is 10.6 Å². The molecule has 0 aromatic rings. The molecule has 21 heavy (non-hydrogen) atoms. The Morgan fingerprint density at radius 1 is 1.29 bits per heavy atom. The monoisotopic (exact) mass is 297 g/mol. The quantitative estimate of drug-likeness (QED) is 0.706. The molecular formula is C15H27N3O3. The summed E-state index contributed by atoms with van der Waals surface area (Å²) in [6.07, 6.45) is 1.50. The average molecular weight is 297 g/mol. The summed E-state index contributed by atoms with van der Waals surface area (Å²) in [5.74, 6) is -0.242. The van der Waals surface area contributed by atoms with Gasteiger partial charge in [0.05, 0.1) is 6.07 Å². The first-order chi connectivity index (χ1) is 9.69. The first-order valence-electron chi connectivity index (χ1n) is 7.36. The second kappa shape index (κ2) is 9.22. The number of ether oxygens (including phenoxy) is 1. The third kappa shape index (κ3) is 9.72. The van der Waals surface area contributed by atoms with Crippen molar-refractivity contribution >= 4 is 12.0 Å². The number of hydrogen-bond acceptors (Lipinski definition) is 4. The molecular weight excluding hydrogens is 270 g/mol. The molecule has 0 aliphatic rings. The largest absolute Gasteiger partial charge is 0.444 e. The van der Waals surface area contributed by atoms with Crippen LogP contribution in [0.15, 0.2) is 0 Å². The molecule has 0 bridgehead atoms. The molecule has 0 aromatic heterocycles. The number of nitriles is 1. The summed E-state index contributed by atoms with van der Waals surface area (Å²) in [4.78, 5) is 23.9. The predicted molar refractivity (Wildman–Crippen MR) is 80.5 cm³/mol. The van der Waals surface area contributed by atoms with Crippen LogP contribution in [0.1, 0.15) is 60.3 Å². The lowest BCUT2D eigenvalue weighted by Gasteiger charge is -2.24. The van der Waals surface area contributed by atoms with Gasteiger partial charge in [0.1, 0.15) is 11.6 Å². The zero-order chi connectivity index (χ0) is 16.5. The molecule has 0 spiro atoms.